The number of nitrogens with one attached hydrogen (secondary N) is 3. The first-order valence-electron chi connectivity index (χ1n) is 10.0. The molecule has 2 heterocycles. The van der Waals surface area contributed by atoms with Crippen LogP contribution in [0.2, 0.25) is 0 Å². The van der Waals surface area contributed by atoms with Crippen molar-refractivity contribution in [1.29, 1.82) is 0 Å². The lowest BCUT2D eigenvalue weighted by atomic mass is 9.93. The second kappa shape index (κ2) is 8.72. The van der Waals surface area contributed by atoms with Crippen molar-refractivity contribution in [2.75, 3.05) is 29.1 Å². The van der Waals surface area contributed by atoms with E-state index in [0.29, 0.717) is 36.9 Å². The van der Waals surface area contributed by atoms with E-state index in [4.69, 9.17) is 10.5 Å². The average molecular weight is 414 g/mol. The number of aliphatic hydroxyl groups is 2. The summed E-state index contributed by atoms with van der Waals surface area (Å²) in [5.41, 5.74) is 7.18. The number of carbonyl (C=O) groups is 1. The summed E-state index contributed by atoms with van der Waals surface area (Å²) < 4.78 is 5.57. The van der Waals surface area contributed by atoms with Gasteiger partial charge in [0.15, 0.2) is 0 Å². The highest BCUT2D eigenvalue weighted by Crippen LogP contribution is 2.31. The van der Waals surface area contributed by atoms with Gasteiger partial charge in [-0.3, -0.25) is 4.79 Å². The standard InChI is InChI=1S/C20H26N6O4/c21-18(29)15-9-23-20(26-19(15)24-11-1-4-13(27)5-2-11)25-12-3-6-17-16(7-12)22-8-14(28)10-30-17/h3,6-7,9,11,13-14,22,27-28H,1-2,4-5,8,10H2,(H2,21,29)(H2,23,24,25,26)/t11?,13?,14-/m0/s1. The molecular weight excluding hydrogens is 388 g/mol. The Labute approximate surface area is 173 Å². The van der Waals surface area contributed by atoms with Crippen LogP contribution in [-0.2, 0) is 0 Å². The zero-order chi connectivity index (χ0) is 21.1. The molecule has 0 bridgehead atoms. The predicted octanol–water partition coefficient (Wildman–Crippen LogP) is 1.20. The van der Waals surface area contributed by atoms with Gasteiger partial charge in [-0.1, -0.05) is 0 Å². The molecule has 1 aliphatic heterocycles. The minimum Gasteiger partial charge on any atom is -0.489 e. The van der Waals surface area contributed by atoms with Gasteiger partial charge in [0.1, 0.15) is 24.3 Å². The number of hydrogen-bond donors (Lipinski definition) is 6. The van der Waals surface area contributed by atoms with Crippen molar-refractivity contribution >= 4 is 29.0 Å². The molecule has 1 aromatic carbocycles. The predicted molar refractivity (Wildman–Crippen MR) is 112 cm³/mol. The SMILES string of the molecule is NC(=O)c1cnc(Nc2ccc3c(c2)NC[C@H](O)CO3)nc1NC1CCC(O)CC1. The number of nitrogens with zero attached hydrogens (tertiary/aromatic N) is 2. The summed E-state index contributed by atoms with van der Waals surface area (Å²) in [6, 6.07) is 5.56. The smallest absolute Gasteiger partial charge is 0.254 e. The minimum absolute atomic E-state index is 0.106. The van der Waals surface area contributed by atoms with E-state index in [-0.39, 0.29) is 24.3 Å². The lowest BCUT2D eigenvalue weighted by Crippen LogP contribution is -2.30. The van der Waals surface area contributed by atoms with Gasteiger partial charge in [-0.2, -0.15) is 4.98 Å². The summed E-state index contributed by atoms with van der Waals surface area (Å²) >= 11 is 0. The van der Waals surface area contributed by atoms with Crippen molar-refractivity contribution in [3.63, 3.8) is 0 Å². The van der Waals surface area contributed by atoms with Gasteiger partial charge in [0, 0.05) is 24.5 Å². The van der Waals surface area contributed by atoms with Crippen molar-refractivity contribution in [3.8, 4) is 5.75 Å². The number of ether oxygens (including phenoxy) is 1. The van der Waals surface area contributed by atoms with Crippen LogP contribution < -0.4 is 26.4 Å². The molecule has 4 rings (SSSR count). The Morgan fingerprint density at radius 2 is 2.00 bits per heavy atom. The van der Waals surface area contributed by atoms with Gasteiger partial charge >= 0.3 is 0 Å². The summed E-state index contributed by atoms with van der Waals surface area (Å²) in [6.07, 6.45) is 3.54. The Balaban J connectivity index is 1.52. The molecule has 0 saturated heterocycles. The van der Waals surface area contributed by atoms with Crippen LogP contribution in [-0.4, -0.2) is 57.5 Å². The number of nitrogens with two attached hydrogens (primary N) is 1. The molecule has 10 heteroatoms. The molecule has 0 spiro atoms. The van der Waals surface area contributed by atoms with Crippen molar-refractivity contribution < 1.29 is 19.7 Å². The fraction of sp³-hybridized carbons (Fsp3) is 0.450. The van der Waals surface area contributed by atoms with Gasteiger partial charge in [0.25, 0.3) is 5.91 Å². The molecule has 1 atom stereocenters. The molecule has 160 valence electrons. The molecule has 2 aromatic rings. The molecule has 1 aromatic heterocycles. The van der Waals surface area contributed by atoms with Gasteiger partial charge in [-0.25, -0.2) is 4.98 Å². The molecular formula is C20H26N6O4. The number of aliphatic hydroxyl groups excluding tert-OH is 2. The largest absolute Gasteiger partial charge is 0.489 e. The molecule has 0 radical (unpaired) electrons. The number of rotatable bonds is 5. The summed E-state index contributed by atoms with van der Waals surface area (Å²) in [5.74, 6) is 0.738. The van der Waals surface area contributed by atoms with Gasteiger partial charge in [-0.05, 0) is 43.9 Å². The van der Waals surface area contributed by atoms with Gasteiger partial charge in [-0.15, -0.1) is 0 Å². The topological polar surface area (TPSA) is 155 Å². The molecule has 30 heavy (non-hydrogen) atoms. The quantitative estimate of drug-likeness (QED) is 0.423. The molecule has 1 saturated carbocycles. The van der Waals surface area contributed by atoms with Gasteiger partial charge < -0.3 is 36.6 Å². The zero-order valence-electron chi connectivity index (χ0n) is 16.5. The van der Waals surface area contributed by atoms with Crippen LogP contribution in [0.25, 0.3) is 0 Å². The van der Waals surface area contributed by atoms with E-state index in [1.807, 2.05) is 12.1 Å². The van der Waals surface area contributed by atoms with Crippen LogP contribution in [0.4, 0.5) is 23.1 Å². The number of benzene rings is 1. The number of anilines is 4. The van der Waals surface area contributed by atoms with Crippen LogP contribution in [0.3, 0.4) is 0 Å². The molecule has 10 nitrogen and oxygen atoms in total. The normalized spacial score (nSPS) is 23.3. The minimum atomic E-state index is -0.607. The van der Waals surface area contributed by atoms with Crippen LogP contribution >= 0.6 is 0 Å². The van der Waals surface area contributed by atoms with E-state index >= 15 is 0 Å². The van der Waals surface area contributed by atoms with Crippen molar-refractivity contribution in [2.24, 2.45) is 5.73 Å². The fourth-order valence-electron chi connectivity index (χ4n) is 3.62. The van der Waals surface area contributed by atoms with Crippen LogP contribution in [0, 0.1) is 0 Å². The Hall–Kier alpha value is -3.11. The summed E-state index contributed by atoms with van der Waals surface area (Å²) in [7, 11) is 0. The average Bonchev–Trinajstić information content (AvgIpc) is 2.91. The maximum atomic E-state index is 11.8. The van der Waals surface area contributed by atoms with Crippen LogP contribution in [0.1, 0.15) is 36.0 Å². The first-order chi connectivity index (χ1) is 14.5. The first-order valence-corrected chi connectivity index (χ1v) is 10.0. The molecule has 0 unspecified atom stereocenters. The van der Waals surface area contributed by atoms with Crippen LogP contribution in [0.5, 0.6) is 5.75 Å². The highest BCUT2D eigenvalue weighted by atomic mass is 16.5. The summed E-state index contributed by atoms with van der Waals surface area (Å²) in [4.78, 5) is 20.5. The van der Waals surface area contributed by atoms with Gasteiger partial charge in [0.05, 0.1) is 17.4 Å². The Bertz CT molecular complexity index is 916. The highest BCUT2D eigenvalue weighted by Gasteiger charge is 2.22. The number of carbonyl (C=O) groups excluding carboxylic acids is 1. The third kappa shape index (κ3) is 4.71. The second-order valence-electron chi connectivity index (χ2n) is 7.65. The molecule has 7 N–H and O–H groups in total. The summed E-state index contributed by atoms with van der Waals surface area (Å²) in [6.45, 7) is 0.627. The molecule has 1 amide bonds. The number of aromatic nitrogens is 2. The first kappa shape index (κ1) is 20.2. The van der Waals surface area contributed by atoms with E-state index in [2.05, 4.69) is 25.9 Å². The highest BCUT2D eigenvalue weighted by molar-refractivity contribution is 5.97. The summed E-state index contributed by atoms with van der Waals surface area (Å²) in [5, 5.41) is 29.0. The lowest BCUT2D eigenvalue weighted by Gasteiger charge is -2.27. The number of fused-ring (bicyclic) bond motifs is 1. The monoisotopic (exact) mass is 414 g/mol. The number of β-amino-alcohol motifs (C(OH)–C–C–N with tert-alkyl or cyclic N) is 1. The Kier molecular flexibility index (Phi) is 5.86. The third-order valence-corrected chi connectivity index (χ3v) is 5.29. The fourth-order valence-corrected chi connectivity index (χ4v) is 3.62. The van der Waals surface area contributed by atoms with Crippen molar-refractivity contribution in [2.45, 2.75) is 43.9 Å². The Morgan fingerprint density at radius 1 is 1.20 bits per heavy atom. The molecule has 1 aliphatic carbocycles. The van der Waals surface area contributed by atoms with E-state index in [0.717, 1.165) is 24.2 Å². The van der Waals surface area contributed by atoms with E-state index in [1.165, 1.54) is 6.20 Å². The maximum absolute atomic E-state index is 11.8. The van der Waals surface area contributed by atoms with E-state index in [9.17, 15) is 15.0 Å². The number of primary amides is 1. The number of amides is 1. The molecule has 1 fully saturated rings. The lowest BCUT2D eigenvalue weighted by molar-refractivity contribution is 0.0999. The van der Waals surface area contributed by atoms with Crippen molar-refractivity contribution in [3.05, 3.63) is 30.0 Å². The third-order valence-electron chi connectivity index (χ3n) is 5.29. The second-order valence-corrected chi connectivity index (χ2v) is 7.65. The van der Waals surface area contributed by atoms with E-state index in [1.54, 1.807) is 6.07 Å². The van der Waals surface area contributed by atoms with Crippen LogP contribution in [0.15, 0.2) is 24.4 Å². The zero-order valence-corrected chi connectivity index (χ0v) is 16.5. The Morgan fingerprint density at radius 3 is 2.77 bits per heavy atom. The van der Waals surface area contributed by atoms with E-state index < -0.39 is 12.0 Å². The number of hydrogen-bond acceptors (Lipinski definition) is 9. The van der Waals surface area contributed by atoms with Gasteiger partial charge in [0.2, 0.25) is 5.95 Å². The molecule has 2 aliphatic rings. The van der Waals surface area contributed by atoms with Crippen molar-refractivity contribution in [1.82, 2.24) is 9.97 Å². The maximum Gasteiger partial charge on any atom is 0.254 e.